The third kappa shape index (κ3) is 3.62. The summed E-state index contributed by atoms with van der Waals surface area (Å²) in [7, 11) is 0. The predicted octanol–water partition coefficient (Wildman–Crippen LogP) is 3.81. The highest BCUT2D eigenvalue weighted by Gasteiger charge is 2.28. The van der Waals surface area contributed by atoms with E-state index in [1.54, 1.807) is 28.9 Å². The molecule has 30 heavy (non-hydrogen) atoms. The van der Waals surface area contributed by atoms with Crippen LogP contribution in [0.5, 0.6) is 5.88 Å². The molecular weight excluding hydrogens is 385 g/mol. The van der Waals surface area contributed by atoms with E-state index in [0.29, 0.717) is 17.3 Å². The maximum absolute atomic E-state index is 14.4. The predicted molar refractivity (Wildman–Crippen MR) is 110 cm³/mol. The Morgan fingerprint density at radius 2 is 1.97 bits per heavy atom. The van der Waals surface area contributed by atoms with E-state index < -0.39 is 0 Å². The number of benzene rings is 1. The molecule has 0 aliphatic carbocycles. The molecule has 0 amide bonds. The third-order valence-corrected chi connectivity index (χ3v) is 4.76. The Morgan fingerprint density at radius 3 is 2.70 bits per heavy atom. The van der Waals surface area contributed by atoms with E-state index in [4.69, 9.17) is 4.74 Å². The van der Waals surface area contributed by atoms with Crippen molar-refractivity contribution in [2.24, 2.45) is 0 Å². The molecule has 3 heterocycles. The SMILES string of the molecule is CCCn1ncnc1COc1nn2c(-c3ccccc3F)nncc2c1C(C)(C)C. The quantitative estimate of drug-likeness (QED) is 0.482. The van der Waals surface area contributed by atoms with Crippen LogP contribution in [0.15, 0.2) is 36.8 Å². The first kappa shape index (κ1) is 19.9. The van der Waals surface area contributed by atoms with E-state index >= 15 is 0 Å². The van der Waals surface area contributed by atoms with Gasteiger partial charge in [-0.2, -0.15) is 10.2 Å². The maximum atomic E-state index is 14.4. The maximum Gasteiger partial charge on any atom is 0.238 e. The number of aryl methyl sites for hydroxylation is 1. The van der Waals surface area contributed by atoms with E-state index in [9.17, 15) is 4.39 Å². The fraction of sp³-hybridized carbons (Fsp3) is 0.381. The molecule has 0 saturated carbocycles. The molecule has 0 fully saturated rings. The van der Waals surface area contributed by atoms with Crippen LogP contribution in [-0.4, -0.2) is 34.6 Å². The molecule has 0 bridgehead atoms. The molecule has 4 rings (SSSR count). The third-order valence-electron chi connectivity index (χ3n) is 4.76. The van der Waals surface area contributed by atoms with Gasteiger partial charge in [0.2, 0.25) is 5.88 Å². The van der Waals surface area contributed by atoms with Gasteiger partial charge in [-0.3, -0.25) is 0 Å². The fourth-order valence-corrected chi connectivity index (χ4v) is 3.42. The monoisotopic (exact) mass is 409 g/mol. The lowest BCUT2D eigenvalue weighted by Crippen LogP contribution is -2.14. The second-order valence-corrected chi connectivity index (χ2v) is 8.06. The number of nitrogens with zero attached hydrogens (tertiary/aromatic N) is 7. The summed E-state index contributed by atoms with van der Waals surface area (Å²) in [6.07, 6.45) is 4.10. The van der Waals surface area contributed by atoms with Crippen LogP contribution in [0.3, 0.4) is 0 Å². The van der Waals surface area contributed by atoms with Crippen molar-refractivity contribution in [1.82, 2.24) is 34.6 Å². The van der Waals surface area contributed by atoms with Crippen molar-refractivity contribution in [2.45, 2.75) is 52.7 Å². The van der Waals surface area contributed by atoms with Crippen LogP contribution in [-0.2, 0) is 18.6 Å². The summed E-state index contributed by atoms with van der Waals surface area (Å²) >= 11 is 0. The molecule has 0 spiro atoms. The van der Waals surface area contributed by atoms with Gasteiger partial charge in [-0.25, -0.2) is 18.6 Å². The lowest BCUT2D eigenvalue weighted by molar-refractivity contribution is 0.267. The van der Waals surface area contributed by atoms with Crippen LogP contribution < -0.4 is 4.74 Å². The van der Waals surface area contributed by atoms with Crippen molar-refractivity contribution >= 4 is 5.52 Å². The zero-order valence-corrected chi connectivity index (χ0v) is 17.5. The summed E-state index contributed by atoms with van der Waals surface area (Å²) in [6.45, 7) is 9.28. The van der Waals surface area contributed by atoms with Crippen LogP contribution in [0.1, 0.15) is 45.5 Å². The van der Waals surface area contributed by atoms with Gasteiger partial charge in [0.1, 0.15) is 18.8 Å². The first-order valence-electron chi connectivity index (χ1n) is 9.89. The zero-order valence-electron chi connectivity index (χ0n) is 17.5. The van der Waals surface area contributed by atoms with Gasteiger partial charge >= 0.3 is 0 Å². The first-order valence-corrected chi connectivity index (χ1v) is 9.89. The normalized spacial score (nSPS) is 11.9. The Hall–Kier alpha value is -3.36. The summed E-state index contributed by atoms with van der Waals surface area (Å²) in [5, 5.41) is 17.1. The number of rotatable bonds is 6. The van der Waals surface area contributed by atoms with Crippen molar-refractivity contribution in [1.29, 1.82) is 0 Å². The summed E-state index contributed by atoms with van der Waals surface area (Å²) in [5.74, 6) is 1.10. The van der Waals surface area contributed by atoms with E-state index in [0.717, 1.165) is 29.9 Å². The van der Waals surface area contributed by atoms with Gasteiger partial charge in [-0.15, -0.1) is 10.2 Å². The molecule has 0 unspecified atom stereocenters. The van der Waals surface area contributed by atoms with Crippen LogP contribution >= 0.6 is 0 Å². The molecule has 0 saturated heterocycles. The van der Waals surface area contributed by atoms with Crippen molar-refractivity contribution in [2.75, 3.05) is 0 Å². The zero-order chi connectivity index (χ0) is 21.3. The van der Waals surface area contributed by atoms with Gasteiger partial charge in [0.15, 0.2) is 11.6 Å². The number of hydrogen-bond acceptors (Lipinski definition) is 6. The molecular formula is C21H24FN7O. The summed E-state index contributed by atoms with van der Waals surface area (Å²) < 4.78 is 23.9. The van der Waals surface area contributed by atoms with Gasteiger partial charge < -0.3 is 4.74 Å². The number of aromatic nitrogens is 7. The highest BCUT2D eigenvalue weighted by atomic mass is 19.1. The molecule has 8 nitrogen and oxygen atoms in total. The Morgan fingerprint density at radius 1 is 1.17 bits per heavy atom. The number of fused-ring (bicyclic) bond motifs is 1. The molecule has 156 valence electrons. The number of ether oxygens (including phenoxy) is 1. The lowest BCUT2D eigenvalue weighted by Gasteiger charge is -2.18. The highest BCUT2D eigenvalue weighted by Crippen LogP contribution is 2.36. The molecule has 1 aromatic carbocycles. The Labute approximate surface area is 173 Å². The summed E-state index contributed by atoms with van der Waals surface area (Å²) in [5.41, 5.74) is 1.63. The van der Waals surface area contributed by atoms with E-state index in [-0.39, 0.29) is 17.8 Å². The van der Waals surface area contributed by atoms with Gasteiger partial charge in [0.05, 0.1) is 17.3 Å². The summed E-state index contributed by atoms with van der Waals surface area (Å²) in [6, 6.07) is 6.44. The molecule has 0 aliphatic heterocycles. The first-order chi connectivity index (χ1) is 14.4. The fourth-order valence-electron chi connectivity index (χ4n) is 3.42. The van der Waals surface area contributed by atoms with Crippen molar-refractivity contribution < 1.29 is 9.13 Å². The van der Waals surface area contributed by atoms with Crippen LogP contribution in [0.2, 0.25) is 0 Å². The van der Waals surface area contributed by atoms with Crippen LogP contribution in [0, 0.1) is 5.82 Å². The van der Waals surface area contributed by atoms with E-state index in [2.05, 4.69) is 53.1 Å². The van der Waals surface area contributed by atoms with Crippen LogP contribution in [0.25, 0.3) is 16.9 Å². The second-order valence-electron chi connectivity index (χ2n) is 8.06. The van der Waals surface area contributed by atoms with E-state index in [1.807, 2.05) is 4.68 Å². The molecule has 0 N–H and O–H groups in total. The Kier molecular flexibility index (Phi) is 5.19. The summed E-state index contributed by atoms with van der Waals surface area (Å²) in [4.78, 5) is 4.29. The average molecular weight is 409 g/mol. The Bertz CT molecular complexity index is 1180. The minimum absolute atomic E-state index is 0.225. The Balaban J connectivity index is 1.80. The van der Waals surface area contributed by atoms with E-state index in [1.165, 1.54) is 12.4 Å². The van der Waals surface area contributed by atoms with Gasteiger partial charge in [-0.1, -0.05) is 39.8 Å². The molecule has 9 heteroatoms. The topological polar surface area (TPSA) is 83.0 Å². The largest absolute Gasteiger partial charge is 0.468 e. The van der Waals surface area contributed by atoms with Crippen molar-refractivity contribution in [3.63, 3.8) is 0 Å². The van der Waals surface area contributed by atoms with Crippen molar-refractivity contribution in [3.05, 3.63) is 54.0 Å². The molecule has 0 atom stereocenters. The second kappa shape index (κ2) is 7.81. The molecule has 0 radical (unpaired) electrons. The minimum Gasteiger partial charge on any atom is -0.468 e. The molecule has 3 aromatic heterocycles. The molecule has 4 aromatic rings. The highest BCUT2D eigenvalue weighted by molar-refractivity contribution is 5.66. The van der Waals surface area contributed by atoms with Gasteiger partial charge in [0.25, 0.3) is 0 Å². The minimum atomic E-state index is -0.387. The lowest BCUT2D eigenvalue weighted by atomic mass is 9.88. The molecule has 0 aliphatic rings. The standard InChI is InChI=1S/C21H24FN7O/c1-5-10-28-17(23-13-25-28)12-30-20-18(21(2,3)4)16-11-24-26-19(29(16)27-20)14-8-6-7-9-15(14)22/h6-9,11,13H,5,10,12H2,1-4H3. The van der Waals surface area contributed by atoms with Crippen molar-refractivity contribution in [3.8, 4) is 17.3 Å². The van der Waals surface area contributed by atoms with Crippen LogP contribution in [0.4, 0.5) is 4.39 Å². The average Bonchev–Trinajstić information content (AvgIpc) is 3.30. The van der Waals surface area contributed by atoms with Gasteiger partial charge in [-0.05, 0) is 24.0 Å². The smallest absolute Gasteiger partial charge is 0.238 e. The number of halogens is 1. The number of hydrogen-bond donors (Lipinski definition) is 0. The van der Waals surface area contributed by atoms with Gasteiger partial charge in [0, 0.05) is 12.1 Å².